The lowest BCUT2D eigenvalue weighted by atomic mass is 10.0. The summed E-state index contributed by atoms with van der Waals surface area (Å²) in [6, 6.07) is 7.60. The number of carbonyl (C=O) groups is 1. The molecule has 3 rings (SSSR count). The maximum atomic E-state index is 12.3. The van der Waals surface area contributed by atoms with Crippen LogP contribution in [-0.2, 0) is 4.79 Å². The maximum absolute atomic E-state index is 12.3. The molecule has 0 aromatic heterocycles. The van der Waals surface area contributed by atoms with Crippen molar-refractivity contribution in [2.75, 3.05) is 11.9 Å². The lowest BCUT2D eigenvalue weighted by Crippen LogP contribution is -2.15. The first kappa shape index (κ1) is 14.2. The van der Waals surface area contributed by atoms with Gasteiger partial charge in [-0.1, -0.05) is 24.7 Å². The van der Waals surface area contributed by atoms with E-state index >= 15 is 0 Å². The number of amides is 1. The molecule has 1 aromatic rings. The summed E-state index contributed by atoms with van der Waals surface area (Å²) >= 11 is 0. The van der Waals surface area contributed by atoms with Gasteiger partial charge in [-0.3, -0.25) is 4.79 Å². The van der Waals surface area contributed by atoms with Crippen molar-refractivity contribution in [3.63, 3.8) is 0 Å². The Hall–Kier alpha value is -1.79. The molecule has 3 nitrogen and oxygen atoms in total. The van der Waals surface area contributed by atoms with Crippen molar-refractivity contribution in [1.29, 1.82) is 0 Å². The number of aliphatic hydroxyl groups is 1. The van der Waals surface area contributed by atoms with Gasteiger partial charge in [0.15, 0.2) is 0 Å². The van der Waals surface area contributed by atoms with Crippen LogP contribution in [0.1, 0.15) is 37.7 Å². The van der Waals surface area contributed by atoms with Gasteiger partial charge in [0.05, 0.1) is 6.61 Å². The van der Waals surface area contributed by atoms with Crippen molar-refractivity contribution in [2.24, 2.45) is 17.8 Å². The molecule has 0 saturated heterocycles. The molecular weight excluding hydrogens is 262 g/mol. The van der Waals surface area contributed by atoms with Crippen LogP contribution in [-0.4, -0.2) is 17.6 Å². The number of rotatable bonds is 3. The summed E-state index contributed by atoms with van der Waals surface area (Å²) in [6.45, 7) is 0.0882. The summed E-state index contributed by atoms with van der Waals surface area (Å²) in [4.78, 5) is 12.3. The lowest BCUT2D eigenvalue weighted by molar-refractivity contribution is -0.117. The molecule has 1 aromatic carbocycles. The fraction of sp³-hybridized carbons (Fsp3) is 0.500. The van der Waals surface area contributed by atoms with Crippen molar-refractivity contribution in [3.8, 4) is 11.8 Å². The zero-order valence-electron chi connectivity index (χ0n) is 12.1. The SMILES string of the molecule is O=C(Nc1ccc(C#CCCO)cc1)C1C2CCCCC21. The Morgan fingerprint density at radius 1 is 1.19 bits per heavy atom. The molecule has 2 aliphatic rings. The van der Waals surface area contributed by atoms with Crippen molar-refractivity contribution < 1.29 is 9.90 Å². The molecule has 0 heterocycles. The largest absolute Gasteiger partial charge is 0.395 e. The van der Waals surface area contributed by atoms with Crippen LogP contribution >= 0.6 is 0 Å². The van der Waals surface area contributed by atoms with Gasteiger partial charge < -0.3 is 10.4 Å². The van der Waals surface area contributed by atoms with E-state index in [-0.39, 0.29) is 18.4 Å². The molecule has 0 aliphatic heterocycles. The summed E-state index contributed by atoms with van der Waals surface area (Å²) in [5.41, 5.74) is 1.75. The van der Waals surface area contributed by atoms with E-state index in [1.807, 2.05) is 24.3 Å². The van der Waals surface area contributed by atoms with Crippen LogP contribution < -0.4 is 5.32 Å². The van der Waals surface area contributed by atoms with E-state index in [0.717, 1.165) is 11.3 Å². The van der Waals surface area contributed by atoms with Crippen molar-refractivity contribution >= 4 is 11.6 Å². The minimum Gasteiger partial charge on any atom is -0.395 e. The summed E-state index contributed by atoms with van der Waals surface area (Å²) in [5.74, 6) is 7.58. The third-order valence-electron chi connectivity index (χ3n) is 4.58. The number of anilines is 1. The highest BCUT2D eigenvalue weighted by molar-refractivity contribution is 5.94. The molecule has 21 heavy (non-hydrogen) atoms. The molecule has 1 amide bonds. The predicted octanol–water partition coefficient (Wildman–Crippen LogP) is 2.80. The molecule has 0 spiro atoms. The number of benzene rings is 1. The summed E-state index contributed by atoms with van der Waals surface area (Å²) in [6.07, 6.45) is 5.51. The zero-order chi connectivity index (χ0) is 14.7. The first-order chi connectivity index (χ1) is 10.3. The number of aliphatic hydroxyl groups excluding tert-OH is 1. The average Bonchev–Trinajstić information content (AvgIpc) is 3.24. The Morgan fingerprint density at radius 3 is 2.48 bits per heavy atom. The fourth-order valence-electron chi connectivity index (χ4n) is 3.46. The summed E-state index contributed by atoms with van der Waals surface area (Å²) in [7, 11) is 0. The Labute approximate surface area is 125 Å². The standard InChI is InChI=1S/C18H21NO2/c20-12-4-3-5-13-8-10-14(11-9-13)19-18(21)17-15-6-1-2-7-16(15)17/h8-11,15-17,20H,1-2,4,6-7,12H2,(H,19,21). The van der Waals surface area contributed by atoms with Crippen LogP contribution in [0.5, 0.6) is 0 Å². The lowest BCUT2D eigenvalue weighted by Gasteiger charge is -2.04. The Balaban J connectivity index is 1.56. The highest BCUT2D eigenvalue weighted by Crippen LogP contribution is 2.55. The second kappa shape index (κ2) is 6.32. The van der Waals surface area contributed by atoms with Gasteiger partial charge in [0.1, 0.15) is 0 Å². The highest BCUT2D eigenvalue weighted by atomic mass is 16.2. The van der Waals surface area contributed by atoms with E-state index in [0.29, 0.717) is 18.3 Å². The van der Waals surface area contributed by atoms with E-state index in [2.05, 4.69) is 17.2 Å². The third-order valence-corrected chi connectivity index (χ3v) is 4.58. The van der Waals surface area contributed by atoms with Gasteiger partial charge in [-0.2, -0.15) is 0 Å². The minimum atomic E-state index is 0.0882. The number of nitrogens with one attached hydrogen (secondary N) is 1. The van der Waals surface area contributed by atoms with E-state index in [1.54, 1.807) is 0 Å². The molecule has 2 fully saturated rings. The molecule has 0 bridgehead atoms. The molecule has 2 atom stereocenters. The average molecular weight is 283 g/mol. The number of fused-ring (bicyclic) bond motifs is 1. The Bertz CT molecular complexity index is 555. The van der Waals surface area contributed by atoms with Crippen molar-refractivity contribution in [3.05, 3.63) is 29.8 Å². The molecule has 2 saturated carbocycles. The Morgan fingerprint density at radius 2 is 1.86 bits per heavy atom. The normalized spacial score (nSPS) is 26.2. The zero-order valence-corrected chi connectivity index (χ0v) is 12.1. The van der Waals surface area contributed by atoms with Crippen LogP contribution in [0, 0.1) is 29.6 Å². The maximum Gasteiger partial charge on any atom is 0.228 e. The van der Waals surface area contributed by atoms with Gasteiger partial charge in [-0.15, -0.1) is 0 Å². The second-order valence-corrected chi connectivity index (χ2v) is 5.98. The second-order valence-electron chi connectivity index (χ2n) is 5.98. The van der Waals surface area contributed by atoms with Crippen molar-refractivity contribution in [2.45, 2.75) is 32.1 Å². The molecule has 2 unspecified atom stereocenters. The van der Waals surface area contributed by atoms with E-state index in [1.165, 1.54) is 25.7 Å². The van der Waals surface area contributed by atoms with Gasteiger partial charge in [-0.05, 0) is 48.9 Å². The summed E-state index contributed by atoms with van der Waals surface area (Å²) in [5, 5.41) is 11.7. The van der Waals surface area contributed by atoms with Gasteiger partial charge in [0.25, 0.3) is 0 Å². The van der Waals surface area contributed by atoms with Crippen LogP contribution in [0.2, 0.25) is 0 Å². The van der Waals surface area contributed by atoms with Crippen LogP contribution in [0.4, 0.5) is 5.69 Å². The van der Waals surface area contributed by atoms with E-state index in [9.17, 15) is 4.79 Å². The van der Waals surface area contributed by atoms with Crippen LogP contribution in [0.3, 0.4) is 0 Å². The monoisotopic (exact) mass is 283 g/mol. The number of hydrogen-bond donors (Lipinski definition) is 2. The smallest absolute Gasteiger partial charge is 0.228 e. The first-order valence-electron chi connectivity index (χ1n) is 7.80. The first-order valence-corrected chi connectivity index (χ1v) is 7.80. The minimum absolute atomic E-state index is 0.0882. The molecule has 0 radical (unpaired) electrons. The molecule has 2 N–H and O–H groups in total. The molecule has 110 valence electrons. The molecule has 3 heteroatoms. The van der Waals surface area contributed by atoms with Crippen LogP contribution in [0.15, 0.2) is 24.3 Å². The predicted molar refractivity (Wildman–Crippen MR) is 82.6 cm³/mol. The van der Waals surface area contributed by atoms with E-state index < -0.39 is 0 Å². The fourth-order valence-corrected chi connectivity index (χ4v) is 3.46. The molecule has 2 aliphatic carbocycles. The van der Waals surface area contributed by atoms with Gasteiger partial charge in [0.2, 0.25) is 5.91 Å². The van der Waals surface area contributed by atoms with Crippen LogP contribution in [0.25, 0.3) is 0 Å². The topological polar surface area (TPSA) is 49.3 Å². The van der Waals surface area contributed by atoms with Crippen molar-refractivity contribution in [1.82, 2.24) is 0 Å². The van der Waals surface area contributed by atoms with Gasteiger partial charge in [-0.25, -0.2) is 0 Å². The number of hydrogen-bond acceptors (Lipinski definition) is 2. The van der Waals surface area contributed by atoms with Gasteiger partial charge >= 0.3 is 0 Å². The summed E-state index contributed by atoms with van der Waals surface area (Å²) < 4.78 is 0. The highest BCUT2D eigenvalue weighted by Gasteiger charge is 2.54. The molecular formula is C18H21NO2. The third kappa shape index (κ3) is 3.28. The van der Waals surface area contributed by atoms with E-state index in [4.69, 9.17) is 5.11 Å². The van der Waals surface area contributed by atoms with Gasteiger partial charge in [0, 0.05) is 23.6 Å². The quantitative estimate of drug-likeness (QED) is 0.838. The number of carbonyl (C=O) groups excluding carboxylic acids is 1. The Kier molecular flexibility index (Phi) is 4.26.